The number of halogens is 3. The van der Waals surface area contributed by atoms with Gasteiger partial charge in [0.1, 0.15) is 0 Å². The van der Waals surface area contributed by atoms with E-state index in [9.17, 15) is 22.8 Å². The predicted octanol–water partition coefficient (Wildman–Crippen LogP) is 3.95. The molecule has 2 aliphatic carbocycles. The molecule has 0 saturated heterocycles. The number of carbonyl (C=O) groups excluding carboxylic acids is 2. The zero-order valence-electron chi connectivity index (χ0n) is 13.0. The van der Waals surface area contributed by atoms with Crippen LogP contribution in [0.1, 0.15) is 48.2 Å². The maximum absolute atomic E-state index is 12.8. The molecule has 2 aliphatic rings. The van der Waals surface area contributed by atoms with Crippen molar-refractivity contribution < 1.29 is 22.8 Å². The lowest BCUT2D eigenvalue weighted by Gasteiger charge is -2.30. The number of anilines is 1. The van der Waals surface area contributed by atoms with Crippen molar-refractivity contribution in [1.82, 2.24) is 5.32 Å². The van der Waals surface area contributed by atoms with Gasteiger partial charge in [0.25, 0.3) is 5.91 Å². The first-order valence-electron chi connectivity index (χ1n) is 8.11. The van der Waals surface area contributed by atoms with Crippen molar-refractivity contribution >= 4 is 28.2 Å². The number of alkyl halides is 3. The quantitative estimate of drug-likeness (QED) is 0.854. The van der Waals surface area contributed by atoms with Crippen molar-refractivity contribution in [1.29, 1.82) is 0 Å². The largest absolute Gasteiger partial charge is 0.391 e. The van der Waals surface area contributed by atoms with Crippen LogP contribution < -0.4 is 10.6 Å². The van der Waals surface area contributed by atoms with E-state index in [-0.39, 0.29) is 30.6 Å². The van der Waals surface area contributed by atoms with E-state index < -0.39 is 18.1 Å². The molecule has 2 saturated carbocycles. The van der Waals surface area contributed by atoms with Gasteiger partial charge < -0.3 is 10.6 Å². The van der Waals surface area contributed by atoms with E-state index in [4.69, 9.17) is 0 Å². The first-order valence-corrected chi connectivity index (χ1v) is 8.93. The molecule has 0 radical (unpaired) electrons. The Morgan fingerprint density at radius 3 is 2.54 bits per heavy atom. The molecular formula is C16H19F3N2O2S. The van der Waals surface area contributed by atoms with E-state index in [1.807, 2.05) is 0 Å². The molecule has 4 nitrogen and oxygen atoms in total. The fraction of sp³-hybridized carbons (Fsp3) is 0.625. The average Bonchev–Trinajstić information content (AvgIpc) is 3.27. The highest BCUT2D eigenvalue weighted by molar-refractivity contribution is 7.18. The number of nitrogens with one attached hydrogen (secondary N) is 2. The minimum Gasteiger partial charge on any atom is -0.349 e. The van der Waals surface area contributed by atoms with Gasteiger partial charge in [-0.2, -0.15) is 13.2 Å². The topological polar surface area (TPSA) is 58.2 Å². The molecule has 2 fully saturated rings. The van der Waals surface area contributed by atoms with Gasteiger partial charge in [-0.1, -0.05) is 6.42 Å². The molecule has 1 aromatic heterocycles. The molecule has 2 N–H and O–H groups in total. The average molecular weight is 360 g/mol. The standard InChI is InChI=1S/C16H19F3N2O2S/c17-16(18,19)10-2-1-3-11(8-10)20-15(23)12-6-7-13(24-12)21-14(22)9-4-5-9/h6-7,9-11H,1-5,8H2,(H,20,23)(H,21,22). The lowest BCUT2D eigenvalue weighted by molar-refractivity contribution is -0.183. The van der Waals surface area contributed by atoms with Crippen LogP contribution in [0.4, 0.5) is 18.2 Å². The van der Waals surface area contributed by atoms with Crippen molar-refractivity contribution in [2.75, 3.05) is 5.32 Å². The van der Waals surface area contributed by atoms with E-state index in [0.717, 1.165) is 24.2 Å². The van der Waals surface area contributed by atoms with Crippen LogP contribution in [0.15, 0.2) is 12.1 Å². The number of thiophene rings is 1. The second-order valence-electron chi connectivity index (χ2n) is 6.50. The first kappa shape index (κ1) is 17.3. The number of amides is 2. The highest BCUT2D eigenvalue weighted by Gasteiger charge is 2.42. The summed E-state index contributed by atoms with van der Waals surface area (Å²) in [5, 5.41) is 6.05. The third kappa shape index (κ3) is 4.28. The van der Waals surface area contributed by atoms with Crippen LogP contribution in [-0.2, 0) is 4.79 Å². The number of rotatable bonds is 4. The van der Waals surface area contributed by atoms with Crippen molar-refractivity contribution in [2.45, 2.75) is 50.7 Å². The minimum absolute atomic E-state index is 0.0379. The van der Waals surface area contributed by atoms with Gasteiger partial charge in [-0.25, -0.2) is 0 Å². The van der Waals surface area contributed by atoms with Crippen LogP contribution in [0.5, 0.6) is 0 Å². The Balaban J connectivity index is 1.54. The van der Waals surface area contributed by atoms with Gasteiger partial charge in [0.05, 0.1) is 15.8 Å². The SMILES string of the molecule is O=C(NC1CCCC(C(F)(F)F)C1)c1ccc(NC(=O)C2CC2)s1. The Hall–Kier alpha value is -1.57. The summed E-state index contributed by atoms with van der Waals surface area (Å²) in [7, 11) is 0. The fourth-order valence-corrected chi connectivity index (χ4v) is 3.78. The van der Waals surface area contributed by atoms with Gasteiger partial charge in [-0.05, 0) is 44.2 Å². The summed E-state index contributed by atoms with van der Waals surface area (Å²) in [6, 6.07) is 2.79. The molecule has 8 heteroatoms. The van der Waals surface area contributed by atoms with Crippen molar-refractivity contribution in [2.24, 2.45) is 11.8 Å². The maximum atomic E-state index is 12.8. The monoisotopic (exact) mass is 360 g/mol. The Kier molecular flexibility index (Phi) is 4.85. The van der Waals surface area contributed by atoms with E-state index in [1.54, 1.807) is 12.1 Å². The first-order chi connectivity index (χ1) is 11.3. The van der Waals surface area contributed by atoms with Crippen LogP contribution >= 0.6 is 11.3 Å². The summed E-state index contributed by atoms with van der Waals surface area (Å²) in [5.41, 5.74) is 0. The molecule has 2 unspecified atom stereocenters. The molecule has 2 atom stereocenters. The van der Waals surface area contributed by atoms with Crippen LogP contribution in [-0.4, -0.2) is 24.0 Å². The Labute approximate surface area is 141 Å². The molecule has 1 heterocycles. The Bertz CT molecular complexity index is 625. The molecule has 2 amide bonds. The Morgan fingerprint density at radius 2 is 1.88 bits per heavy atom. The highest BCUT2D eigenvalue weighted by Crippen LogP contribution is 2.37. The molecule has 1 aromatic rings. The number of carbonyl (C=O) groups is 2. The fourth-order valence-electron chi connectivity index (χ4n) is 2.97. The van der Waals surface area contributed by atoms with Crippen molar-refractivity contribution in [3.05, 3.63) is 17.0 Å². The molecule has 132 valence electrons. The van der Waals surface area contributed by atoms with E-state index in [2.05, 4.69) is 10.6 Å². The van der Waals surface area contributed by atoms with Crippen LogP contribution in [0.25, 0.3) is 0 Å². The van der Waals surface area contributed by atoms with Gasteiger partial charge >= 0.3 is 6.18 Å². The second-order valence-corrected chi connectivity index (χ2v) is 7.59. The summed E-state index contributed by atoms with van der Waals surface area (Å²) in [6.07, 6.45) is -1.32. The molecule has 0 aromatic carbocycles. The maximum Gasteiger partial charge on any atom is 0.391 e. The van der Waals surface area contributed by atoms with E-state index >= 15 is 0 Å². The van der Waals surface area contributed by atoms with E-state index in [0.29, 0.717) is 22.7 Å². The van der Waals surface area contributed by atoms with E-state index in [1.165, 1.54) is 0 Å². The lowest BCUT2D eigenvalue weighted by atomic mass is 9.85. The Morgan fingerprint density at radius 1 is 1.12 bits per heavy atom. The molecular weight excluding hydrogens is 341 g/mol. The normalized spacial score (nSPS) is 24.5. The van der Waals surface area contributed by atoms with Gasteiger partial charge in [0.15, 0.2) is 0 Å². The molecule has 0 bridgehead atoms. The predicted molar refractivity (Wildman–Crippen MR) is 84.9 cm³/mol. The summed E-state index contributed by atoms with van der Waals surface area (Å²) in [6.45, 7) is 0. The smallest absolute Gasteiger partial charge is 0.349 e. The van der Waals surface area contributed by atoms with Crippen LogP contribution in [0.3, 0.4) is 0 Å². The van der Waals surface area contributed by atoms with Gasteiger partial charge in [0, 0.05) is 12.0 Å². The van der Waals surface area contributed by atoms with Crippen LogP contribution in [0, 0.1) is 11.8 Å². The zero-order chi connectivity index (χ0) is 17.3. The lowest BCUT2D eigenvalue weighted by Crippen LogP contribution is -2.41. The summed E-state index contributed by atoms with van der Waals surface area (Å²) < 4.78 is 38.5. The van der Waals surface area contributed by atoms with Gasteiger partial charge in [-0.15, -0.1) is 11.3 Å². The third-order valence-corrected chi connectivity index (χ3v) is 5.50. The second kappa shape index (κ2) is 6.74. The highest BCUT2D eigenvalue weighted by atomic mass is 32.1. The summed E-state index contributed by atoms with van der Waals surface area (Å²) in [5.74, 6) is -1.68. The van der Waals surface area contributed by atoms with Gasteiger partial charge in [-0.3, -0.25) is 9.59 Å². The third-order valence-electron chi connectivity index (χ3n) is 4.50. The number of hydrogen-bond acceptors (Lipinski definition) is 3. The number of hydrogen-bond donors (Lipinski definition) is 2. The molecule has 3 rings (SSSR count). The summed E-state index contributed by atoms with van der Waals surface area (Å²) in [4.78, 5) is 24.3. The van der Waals surface area contributed by atoms with Crippen molar-refractivity contribution in [3.63, 3.8) is 0 Å². The minimum atomic E-state index is -4.20. The summed E-state index contributed by atoms with van der Waals surface area (Å²) >= 11 is 1.14. The molecule has 0 aliphatic heterocycles. The molecule has 0 spiro atoms. The molecule has 24 heavy (non-hydrogen) atoms. The zero-order valence-corrected chi connectivity index (χ0v) is 13.8. The van der Waals surface area contributed by atoms with Crippen molar-refractivity contribution in [3.8, 4) is 0 Å². The van der Waals surface area contributed by atoms with Gasteiger partial charge in [0.2, 0.25) is 5.91 Å². The van der Waals surface area contributed by atoms with Crippen LogP contribution in [0.2, 0.25) is 0 Å².